The second-order valence-electron chi connectivity index (χ2n) is 7.53. The summed E-state index contributed by atoms with van der Waals surface area (Å²) in [5.41, 5.74) is 2.27. The molecule has 0 aliphatic carbocycles. The van der Waals surface area contributed by atoms with Crippen LogP contribution in [0.25, 0.3) is 0 Å². The van der Waals surface area contributed by atoms with E-state index in [4.69, 9.17) is 11.6 Å². The zero-order chi connectivity index (χ0) is 24.0. The first-order chi connectivity index (χ1) is 15.8. The molecule has 0 saturated carbocycles. The maximum atomic E-state index is 12.6. The monoisotopic (exact) mass is 549 g/mol. The zero-order valence-corrected chi connectivity index (χ0v) is 21.7. The number of halogens is 2. The first-order valence-corrected chi connectivity index (χ1v) is 12.6. The number of carbonyl (C=O) groups excluding carboxylic acids is 2. The molecule has 2 N–H and O–H groups in total. The molecule has 0 bridgehead atoms. The summed E-state index contributed by atoms with van der Waals surface area (Å²) in [4.78, 5) is 25.0. The molecular weight excluding hydrogens is 526 g/mol. The number of anilines is 1. The highest BCUT2D eigenvalue weighted by Crippen LogP contribution is 2.28. The van der Waals surface area contributed by atoms with E-state index in [0.717, 1.165) is 15.7 Å². The minimum absolute atomic E-state index is 0.122. The van der Waals surface area contributed by atoms with E-state index in [1.807, 2.05) is 29.7 Å². The third-order valence-corrected chi connectivity index (χ3v) is 6.67. The molecule has 0 atom stereocenters. The first kappa shape index (κ1) is 25.3. The van der Waals surface area contributed by atoms with Gasteiger partial charge < -0.3 is 15.2 Å². The number of thioether (sulfide) groups is 1. The molecular formula is C23H25BrClN5O2S. The fourth-order valence-corrected chi connectivity index (χ4v) is 4.64. The first-order valence-electron chi connectivity index (χ1n) is 10.5. The molecule has 2 aromatic carbocycles. The van der Waals surface area contributed by atoms with Gasteiger partial charge in [-0.05, 0) is 48.7 Å². The molecule has 0 aliphatic heterocycles. The van der Waals surface area contributed by atoms with E-state index in [0.29, 0.717) is 28.1 Å². The molecule has 1 heterocycles. The second-order valence-corrected chi connectivity index (χ2v) is 9.79. The molecule has 0 saturated heterocycles. The van der Waals surface area contributed by atoms with Gasteiger partial charge in [0.1, 0.15) is 0 Å². The van der Waals surface area contributed by atoms with E-state index < -0.39 is 0 Å². The SMILES string of the molecule is CCn1c(CNC(=O)c2ccccc2Cl)nnc1SCC(=O)Nc1ccc(Br)cc1C(C)C. The van der Waals surface area contributed by atoms with Crippen LogP contribution < -0.4 is 10.6 Å². The molecule has 2 amide bonds. The van der Waals surface area contributed by atoms with Crippen molar-refractivity contribution in [1.29, 1.82) is 0 Å². The van der Waals surface area contributed by atoms with E-state index in [1.165, 1.54) is 11.8 Å². The number of nitrogens with zero attached hydrogens (tertiary/aromatic N) is 3. The Labute approximate surface area is 210 Å². The van der Waals surface area contributed by atoms with Gasteiger partial charge in [-0.3, -0.25) is 9.59 Å². The molecule has 7 nitrogen and oxygen atoms in total. The molecule has 0 unspecified atom stereocenters. The van der Waals surface area contributed by atoms with E-state index in [1.54, 1.807) is 24.3 Å². The number of nitrogens with one attached hydrogen (secondary N) is 2. The quantitative estimate of drug-likeness (QED) is 0.344. The van der Waals surface area contributed by atoms with Crippen molar-refractivity contribution in [2.24, 2.45) is 0 Å². The maximum Gasteiger partial charge on any atom is 0.253 e. The Morgan fingerprint density at radius 1 is 1.18 bits per heavy atom. The number of carbonyl (C=O) groups is 2. The third-order valence-electron chi connectivity index (χ3n) is 4.88. The van der Waals surface area contributed by atoms with Gasteiger partial charge in [-0.1, -0.05) is 65.3 Å². The van der Waals surface area contributed by atoms with Crippen molar-refractivity contribution >= 4 is 56.8 Å². The fraction of sp³-hybridized carbons (Fsp3) is 0.304. The van der Waals surface area contributed by atoms with Crippen molar-refractivity contribution < 1.29 is 9.59 Å². The van der Waals surface area contributed by atoms with E-state index in [9.17, 15) is 9.59 Å². The molecule has 10 heteroatoms. The Bertz CT molecular complexity index is 1150. The van der Waals surface area contributed by atoms with Gasteiger partial charge in [0.25, 0.3) is 5.91 Å². The molecule has 0 aliphatic rings. The predicted molar refractivity (Wildman–Crippen MR) is 136 cm³/mol. The average molecular weight is 551 g/mol. The summed E-state index contributed by atoms with van der Waals surface area (Å²) < 4.78 is 2.85. The van der Waals surface area contributed by atoms with E-state index in [2.05, 4.69) is 50.6 Å². The summed E-state index contributed by atoms with van der Waals surface area (Å²) in [6, 6.07) is 12.7. The van der Waals surface area contributed by atoms with Crippen LogP contribution in [0, 0.1) is 0 Å². The summed E-state index contributed by atoms with van der Waals surface area (Å²) in [6.45, 7) is 6.94. The summed E-state index contributed by atoms with van der Waals surface area (Å²) in [5, 5.41) is 15.2. The highest BCUT2D eigenvalue weighted by molar-refractivity contribution is 9.10. The molecule has 0 spiro atoms. The van der Waals surface area contributed by atoms with Crippen LogP contribution >= 0.6 is 39.3 Å². The molecule has 33 heavy (non-hydrogen) atoms. The van der Waals surface area contributed by atoms with Gasteiger partial charge in [0.2, 0.25) is 5.91 Å². The summed E-state index contributed by atoms with van der Waals surface area (Å²) in [7, 11) is 0. The minimum Gasteiger partial charge on any atom is -0.345 e. The van der Waals surface area contributed by atoms with Crippen molar-refractivity contribution in [2.75, 3.05) is 11.1 Å². The van der Waals surface area contributed by atoms with Crippen LogP contribution in [0.1, 0.15) is 48.4 Å². The van der Waals surface area contributed by atoms with Crippen LogP contribution in [0.3, 0.4) is 0 Å². The standard InChI is InChI=1S/C23H25BrClN5O2S/c1-4-30-20(12-26-22(32)16-7-5-6-8-18(16)25)28-29-23(30)33-13-21(31)27-19-10-9-15(24)11-17(19)14(2)3/h5-11,14H,4,12-13H2,1-3H3,(H,26,32)(H,27,31). The lowest BCUT2D eigenvalue weighted by Gasteiger charge is -2.14. The fourth-order valence-electron chi connectivity index (χ4n) is 3.22. The van der Waals surface area contributed by atoms with Crippen molar-refractivity contribution in [3.05, 3.63) is 68.9 Å². The third kappa shape index (κ3) is 6.59. The normalized spacial score (nSPS) is 11.0. The smallest absolute Gasteiger partial charge is 0.253 e. The van der Waals surface area contributed by atoms with Crippen molar-refractivity contribution in [2.45, 2.75) is 44.9 Å². The van der Waals surface area contributed by atoms with Gasteiger partial charge in [-0.2, -0.15) is 0 Å². The lowest BCUT2D eigenvalue weighted by atomic mass is 10.0. The summed E-state index contributed by atoms with van der Waals surface area (Å²) in [5.74, 6) is 0.671. The minimum atomic E-state index is -0.282. The van der Waals surface area contributed by atoms with E-state index >= 15 is 0 Å². The molecule has 0 radical (unpaired) electrons. The van der Waals surface area contributed by atoms with Crippen LogP contribution in [0.5, 0.6) is 0 Å². The molecule has 174 valence electrons. The lowest BCUT2D eigenvalue weighted by Crippen LogP contribution is -2.25. The Kier molecular flexibility index (Phi) is 8.94. The van der Waals surface area contributed by atoms with Crippen molar-refractivity contribution in [1.82, 2.24) is 20.1 Å². The molecule has 1 aromatic heterocycles. The second kappa shape index (κ2) is 11.7. The Morgan fingerprint density at radius 3 is 2.64 bits per heavy atom. The molecule has 3 rings (SSSR count). The highest BCUT2D eigenvalue weighted by Gasteiger charge is 2.16. The summed E-state index contributed by atoms with van der Waals surface area (Å²) in [6.07, 6.45) is 0. The van der Waals surface area contributed by atoms with Crippen LogP contribution in [0.4, 0.5) is 5.69 Å². The Balaban J connectivity index is 1.61. The van der Waals surface area contributed by atoms with Gasteiger partial charge >= 0.3 is 0 Å². The van der Waals surface area contributed by atoms with Gasteiger partial charge in [0.05, 0.1) is 22.9 Å². The number of aromatic nitrogens is 3. The van der Waals surface area contributed by atoms with Gasteiger partial charge in [0.15, 0.2) is 11.0 Å². The highest BCUT2D eigenvalue weighted by atomic mass is 79.9. The van der Waals surface area contributed by atoms with Crippen LogP contribution in [0.2, 0.25) is 5.02 Å². The van der Waals surface area contributed by atoms with Crippen LogP contribution in [-0.2, 0) is 17.9 Å². The van der Waals surface area contributed by atoms with Crippen molar-refractivity contribution in [3.63, 3.8) is 0 Å². The number of benzene rings is 2. The van der Waals surface area contributed by atoms with Gasteiger partial charge in [-0.15, -0.1) is 10.2 Å². The zero-order valence-electron chi connectivity index (χ0n) is 18.6. The lowest BCUT2D eigenvalue weighted by molar-refractivity contribution is -0.113. The van der Waals surface area contributed by atoms with E-state index in [-0.39, 0.29) is 30.0 Å². The molecule has 0 fully saturated rings. The number of rotatable bonds is 9. The molecule has 3 aromatic rings. The number of hydrogen-bond donors (Lipinski definition) is 2. The largest absolute Gasteiger partial charge is 0.345 e. The summed E-state index contributed by atoms with van der Waals surface area (Å²) >= 11 is 10.9. The topological polar surface area (TPSA) is 88.9 Å². The Morgan fingerprint density at radius 2 is 1.94 bits per heavy atom. The van der Waals surface area contributed by atoms with Gasteiger partial charge in [-0.25, -0.2) is 0 Å². The number of hydrogen-bond acceptors (Lipinski definition) is 5. The van der Waals surface area contributed by atoms with Crippen LogP contribution in [0.15, 0.2) is 52.1 Å². The Hall–Kier alpha value is -2.36. The van der Waals surface area contributed by atoms with Crippen LogP contribution in [-0.4, -0.2) is 32.3 Å². The maximum absolute atomic E-state index is 12.6. The predicted octanol–water partition coefficient (Wildman–Crippen LogP) is 5.50. The number of amides is 2. The van der Waals surface area contributed by atoms with Crippen molar-refractivity contribution in [3.8, 4) is 0 Å². The van der Waals surface area contributed by atoms with Gasteiger partial charge in [0, 0.05) is 16.7 Å². The average Bonchev–Trinajstić information content (AvgIpc) is 3.19.